The number of anilines is 1. The predicted octanol–water partition coefficient (Wildman–Crippen LogP) is 3.27. The van der Waals surface area contributed by atoms with Gasteiger partial charge >= 0.3 is 0 Å². The minimum absolute atomic E-state index is 0.146. The largest absolute Gasteiger partial charge is 0.394 e. The smallest absolute Gasteiger partial charge is 0.253 e. The molecular formula is C28H35BrClN3O5. The van der Waals surface area contributed by atoms with Gasteiger partial charge in [0.25, 0.3) is 5.91 Å². The first kappa shape index (κ1) is 28.8. The van der Waals surface area contributed by atoms with E-state index in [1.54, 1.807) is 48.4 Å². The third-order valence-electron chi connectivity index (χ3n) is 8.06. The van der Waals surface area contributed by atoms with E-state index >= 15 is 0 Å². The van der Waals surface area contributed by atoms with E-state index < -0.39 is 35.6 Å². The van der Waals surface area contributed by atoms with Gasteiger partial charge in [0.2, 0.25) is 11.8 Å². The van der Waals surface area contributed by atoms with Crippen molar-refractivity contribution >= 4 is 50.9 Å². The molecule has 3 amide bonds. The molecule has 3 aliphatic rings. The van der Waals surface area contributed by atoms with Gasteiger partial charge in [-0.2, -0.15) is 0 Å². The Morgan fingerprint density at radius 3 is 2.42 bits per heavy atom. The second kappa shape index (κ2) is 11.1. The van der Waals surface area contributed by atoms with E-state index in [2.05, 4.69) is 29.1 Å². The lowest BCUT2D eigenvalue weighted by Gasteiger charge is -2.40. The number of amides is 3. The lowest BCUT2D eigenvalue weighted by molar-refractivity contribution is -0.147. The maximum absolute atomic E-state index is 14.5. The van der Waals surface area contributed by atoms with Crippen molar-refractivity contribution in [3.8, 4) is 0 Å². The molecule has 0 radical (unpaired) electrons. The number of likely N-dealkylation sites (tertiary alicyclic amines) is 1. The van der Waals surface area contributed by atoms with Crippen molar-refractivity contribution in [2.24, 2.45) is 17.8 Å². The van der Waals surface area contributed by atoms with E-state index in [9.17, 15) is 19.5 Å². The second-order valence-corrected chi connectivity index (χ2v) is 12.2. The fraction of sp³-hybridized carbons (Fsp3) is 0.536. The first-order valence-corrected chi connectivity index (χ1v) is 14.1. The highest BCUT2D eigenvalue weighted by Crippen LogP contribution is 2.61. The standard InChI is InChI=1S/C28H35BrClN3O5/c1-6-12-31(5)25(35)21-22-26(36)33(20(15-34)16(3)4)24(28(22)14-19(29)23(21)38-28)27(37)32(13-7-2)18-10-8-17(30)9-11-18/h6-11,16,19-24,34H,1-2,12-15H2,3-5H3/t19?,20-,21-,22-,23-,24?,28?/m0/s1. The van der Waals surface area contributed by atoms with Crippen LogP contribution in [-0.4, -0.2) is 88.0 Å². The Labute approximate surface area is 237 Å². The number of aliphatic hydroxyl groups is 1. The molecule has 4 rings (SSSR count). The number of aliphatic hydroxyl groups excluding tert-OH is 1. The van der Waals surface area contributed by atoms with E-state index in [0.717, 1.165) is 0 Å². The number of fused-ring (bicyclic) bond motifs is 1. The van der Waals surface area contributed by atoms with Gasteiger partial charge in [-0.3, -0.25) is 14.4 Å². The van der Waals surface area contributed by atoms with Gasteiger partial charge < -0.3 is 24.5 Å². The summed E-state index contributed by atoms with van der Waals surface area (Å²) in [5, 5.41) is 10.9. The number of rotatable bonds is 10. The molecule has 1 aromatic rings. The number of ether oxygens (including phenoxy) is 1. The molecule has 1 spiro atoms. The van der Waals surface area contributed by atoms with Gasteiger partial charge in [-0.25, -0.2) is 0 Å². The van der Waals surface area contributed by atoms with Crippen LogP contribution < -0.4 is 4.90 Å². The first-order chi connectivity index (χ1) is 18.0. The van der Waals surface area contributed by atoms with Crippen LogP contribution in [0.25, 0.3) is 0 Å². The van der Waals surface area contributed by atoms with Gasteiger partial charge in [0, 0.05) is 35.7 Å². The van der Waals surface area contributed by atoms with Gasteiger partial charge in [-0.15, -0.1) is 13.2 Å². The molecule has 1 N–H and O–H groups in total. The van der Waals surface area contributed by atoms with Gasteiger partial charge in [-0.1, -0.05) is 53.5 Å². The highest BCUT2D eigenvalue weighted by atomic mass is 79.9. The zero-order chi connectivity index (χ0) is 27.9. The molecule has 38 heavy (non-hydrogen) atoms. The fourth-order valence-electron chi connectivity index (χ4n) is 6.36. The van der Waals surface area contributed by atoms with Crippen molar-refractivity contribution in [1.29, 1.82) is 0 Å². The summed E-state index contributed by atoms with van der Waals surface area (Å²) >= 11 is 9.79. The van der Waals surface area contributed by atoms with E-state index in [0.29, 0.717) is 23.7 Å². The molecule has 1 aromatic carbocycles. The molecule has 3 unspecified atom stereocenters. The van der Waals surface area contributed by atoms with Crippen LogP contribution in [0.1, 0.15) is 20.3 Å². The topological polar surface area (TPSA) is 90.4 Å². The number of carbonyl (C=O) groups is 3. The Bertz CT molecular complexity index is 1110. The molecule has 3 saturated heterocycles. The molecule has 7 atom stereocenters. The zero-order valence-electron chi connectivity index (χ0n) is 21.9. The average Bonchev–Trinajstić information content (AvgIpc) is 3.46. The summed E-state index contributed by atoms with van der Waals surface area (Å²) in [5.41, 5.74) is -0.630. The number of nitrogens with zero attached hydrogens (tertiary/aromatic N) is 3. The lowest BCUT2D eigenvalue weighted by Crippen LogP contribution is -2.60. The van der Waals surface area contributed by atoms with Crippen molar-refractivity contribution in [3.05, 3.63) is 54.6 Å². The normalized spacial score (nSPS) is 30.3. The van der Waals surface area contributed by atoms with E-state index in [1.807, 2.05) is 13.8 Å². The molecule has 3 fully saturated rings. The summed E-state index contributed by atoms with van der Waals surface area (Å²) in [6, 6.07) is 5.19. The zero-order valence-corrected chi connectivity index (χ0v) is 24.3. The number of halogens is 2. The van der Waals surface area contributed by atoms with E-state index in [4.69, 9.17) is 16.3 Å². The Hall–Kier alpha value is -2.20. The van der Waals surface area contributed by atoms with Crippen LogP contribution in [0.5, 0.6) is 0 Å². The second-order valence-electron chi connectivity index (χ2n) is 10.6. The summed E-state index contributed by atoms with van der Waals surface area (Å²) in [5.74, 6) is -2.67. The molecule has 3 heterocycles. The van der Waals surface area contributed by atoms with Gasteiger partial charge in [-0.05, 0) is 36.6 Å². The first-order valence-electron chi connectivity index (χ1n) is 12.8. The van der Waals surface area contributed by atoms with E-state index in [1.165, 1.54) is 9.80 Å². The third-order valence-corrected chi connectivity index (χ3v) is 9.15. The highest BCUT2D eigenvalue weighted by Gasteiger charge is 2.77. The van der Waals surface area contributed by atoms with Crippen LogP contribution in [0, 0.1) is 17.8 Å². The molecule has 10 heteroatoms. The van der Waals surface area contributed by atoms with Gasteiger partial charge in [0.1, 0.15) is 11.6 Å². The lowest BCUT2D eigenvalue weighted by atomic mass is 9.70. The minimum atomic E-state index is -1.23. The average molecular weight is 609 g/mol. The van der Waals surface area contributed by atoms with Crippen LogP contribution >= 0.6 is 27.5 Å². The number of likely N-dealkylation sites (N-methyl/N-ethyl adjacent to an activating group) is 1. The Morgan fingerprint density at radius 2 is 1.87 bits per heavy atom. The number of benzene rings is 1. The van der Waals surface area contributed by atoms with Crippen molar-refractivity contribution in [2.75, 3.05) is 31.6 Å². The molecule has 2 bridgehead atoms. The number of alkyl halides is 1. The summed E-state index contributed by atoms with van der Waals surface area (Å²) in [4.78, 5) is 46.8. The SMILES string of the molecule is C=CCN(C)C(=O)[C@H]1[C@H]2C(=O)N([C@@H](CO)C(C)C)C(C(=O)N(CC=C)c3ccc(Cl)cc3)C23CC(Br)[C@@H]1O3. The van der Waals surface area contributed by atoms with Crippen LogP contribution in [0.4, 0.5) is 5.69 Å². The van der Waals surface area contributed by atoms with Crippen molar-refractivity contribution < 1.29 is 24.2 Å². The quantitative estimate of drug-likeness (QED) is 0.325. The van der Waals surface area contributed by atoms with Crippen LogP contribution in [-0.2, 0) is 19.1 Å². The van der Waals surface area contributed by atoms with Gasteiger partial charge in [0.15, 0.2) is 0 Å². The fourth-order valence-corrected chi connectivity index (χ4v) is 7.43. The Balaban J connectivity index is 1.85. The molecule has 0 saturated carbocycles. The van der Waals surface area contributed by atoms with Crippen molar-refractivity contribution in [1.82, 2.24) is 9.80 Å². The van der Waals surface area contributed by atoms with Gasteiger partial charge in [0.05, 0.1) is 30.6 Å². The highest BCUT2D eigenvalue weighted by molar-refractivity contribution is 9.09. The third kappa shape index (κ3) is 4.51. The summed E-state index contributed by atoms with van der Waals surface area (Å²) in [6.45, 7) is 11.5. The Kier molecular flexibility index (Phi) is 8.43. The maximum atomic E-state index is 14.5. The number of hydrogen-bond donors (Lipinski definition) is 1. The molecule has 3 aliphatic heterocycles. The van der Waals surface area contributed by atoms with Crippen molar-refractivity contribution in [2.45, 2.75) is 48.9 Å². The van der Waals surface area contributed by atoms with Crippen molar-refractivity contribution in [3.63, 3.8) is 0 Å². The monoisotopic (exact) mass is 607 g/mol. The molecule has 8 nitrogen and oxygen atoms in total. The summed E-state index contributed by atoms with van der Waals surface area (Å²) in [6.07, 6.45) is 3.07. The Morgan fingerprint density at radius 1 is 1.24 bits per heavy atom. The maximum Gasteiger partial charge on any atom is 0.253 e. The molecular weight excluding hydrogens is 574 g/mol. The number of hydrogen-bond acceptors (Lipinski definition) is 5. The van der Waals surface area contributed by atoms with Crippen LogP contribution in [0.15, 0.2) is 49.6 Å². The molecule has 206 valence electrons. The predicted molar refractivity (Wildman–Crippen MR) is 150 cm³/mol. The molecule has 0 aliphatic carbocycles. The molecule has 0 aromatic heterocycles. The van der Waals surface area contributed by atoms with Crippen LogP contribution in [0.3, 0.4) is 0 Å². The van der Waals surface area contributed by atoms with Crippen LogP contribution in [0.2, 0.25) is 5.02 Å². The van der Waals surface area contributed by atoms with E-state index in [-0.39, 0.29) is 41.6 Å². The minimum Gasteiger partial charge on any atom is -0.394 e. The number of carbonyl (C=O) groups excluding carboxylic acids is 3. The summed E-state index contributed by atoms with van der Waals surface area (Å²) < 4.78 is 6.59. The summed E-state index contributed by atoms with van der Waals surface area (Å²) in [7, 11) is 1.67.